The van der Waals surface area contributed by atoms with E-state index in [4.69, 9.17) is 25.7 Å². The predicted octanol–water partition coefficient (Wildman–Crippen LogP) is 4.49. The summed E-state index contributed by atoms with van der Waals surface area (Å²) in [6.45, 7) is 7.25. The second kappa shape index (κ2) is 29.7. The summed E-state index contributed by atoms with van der Waals surface area (Å²) in [6, 6.07) is 6.92. The first-order valence-corrected chi connectivity index (χ1v) is 23.6. The Morgan fingerprint density at radius 1 is 0.864 bits per heavy atom. The van der Waals surface area contributed by atoms with E-state index in [9.17, 15) is 34.0 Å². The molecule has 0 spiro atoms. The number of hydrogen-bond acceptors (Lipinski definition) is 12. The van der Waals surface area contributed by atoms with Crippen LogP contribution in [0, 0.1) is 17.2 Å². The summed E-state index contributed by atoms with van der Waals surface area (Å²) < 4.78 is 17.5. The van der Waals surface area contributed by atoms with Crippen molar-refractivity contribution < 1.29 is 43.0 Å². The molecule has 3 rings (SSSR count). The number of carbonyl (C=O) groups is 6. The Bertz CT molecular complexity index is 1940. The van der Waals surface area contributed by atoms with Crippen LogP contribution in [0.4, 0.5) is 0 Å². The predicted molar refractivity (Wildman–Crippen MR) is 252 cm³/mol. The van der Waals surface area contributed by atoms with Gasteiger partial charge in [-0.1, -0.05) is 97.1 Å². The highest BCUT2D eigenvalue weighted by molar-refractivity contribution is 5.96. The second-order valence-corrected chi connectivity index (χ2v) is 17.3. The average Bonchev–Trinajstić information content (AvgIpc) is 3.29. The van der Waals surface area contributed by atoms with E-state index in [-0.39, 0.29) is 69.7 Å². The van der Waals surface area contributed by atoms with Crippen LogP contribution in [0.1, 0.15) is 128 Å². The third-order valence-electron chi connectivity index (χ3n) is 11.2. The molecule has 4 atom stereocenters. The highest BCUT2D eigenvalue weighted by Crippen LogP contribution is 2.40. The number of carbonyl (C=O) groups excluding carboxylic acids is 6. The molecule has 5 amide bonds. The first kappa shape index (κ1) is 54.6. The van der Waals surface area contributed by atoms with Crippen molar-refractivity contribution in [3.8, 4) is 28.7 Å². The first-order valence-electron chi connectivity index (χ1n) is 23.6. The molecule has 17 nitrogen and oxygen atoms in total. The SMILES string of the molecule is CCCCCCCCCCCCCC(=O)N[C@@H](CCN)C(=O)N(C)[C@@H]1C(=O)N[C@@H](C)C(=O)N[C@H](C(=O)NCC#N)Cc2ccc(OCC(=O)OCC(C)C)c(c2)-c2cc1ccc2OCCN. The van der Waals surface area contributed by atoms with Gasteiger partial charge in [-0.3, -0.25) is 24.0 Å². The van der Waals surface area contributed by atoms with Crippen LogP contribution >= 0.6 is 0 Å². The first-order chi connectivity index (χ1) is 31.7. The molecule has 0 fully saturated rings. The maximum absolute atomic E-state index is 14.5. The Hall–Kier alpha value is -5.73. The molecule has 2 aromatic carbocycles. The summed E-state index contributed by atoms with van der Waals surface area (Å²) in [5, 5.41) is 19.9. The fraction of sp³-hybridized carbons (Fsp3) is 0.612. The molecular formula is C49H74N8O9. The zero-order chi connectivity index (χ0) is 48.4. The second-order valence-electron chi connectivity index (χ2n) is 17.3. The Kier molecular flexibility index (Phi) is 24.6. The van der Waals surface area contributed by atoms with Gasteiger partial charge in [0, 0.05) is 37.6 Å². The summed E-state index contributed by atoms with van der Waals surface area (Å²) in [6.07, 6.45) is 12.7. The van der Waals surface area contributed by atoms with Crippen LogP contribution in [0.2, 0.25) is 0 Å². The summed E-state index contributed by atoms with van der Waals surface area (Å²) >= 11 is 0. The van der Waals surface area contributed by atoms with Gasteiger partial charge in [0.25, 0.3) is 0 Å². The third-order valence-corrected chi connectivity index (χ3v) is 11.2. The lowest BCUT2D eigenvalue weighted by Crippen LogP contribution is -2.56. The Labute approximate surface area is 390 Å². The smallest absolute Gasteiger partial charge is 0.344 e. The Morgan fingerprint density at radius 2 is 1.50 bits per heavy atom. The number of amides is 5. The number of nitriles is 1. The van der Waals surface area contributed by atoms with Gasteiger partial charge in [0.1, 0.15) is 48.8 Å². The number of rotatable bonds is 27. The maximum Gasteiger partial charge on any atom is 0.344 e. The molecule has 17 heteroatoms. The van der Waals surface area contributed by atoms with Crippen LogP contribution in [-0.4, -0.2) is 105 Å². The molecule has 2 aromatic rings. The highest BCUT2D eigenvalue weighted by atomic mass is 16.6. The number of hydrogen-bond donors (Lipinski definition) is 6. The van der Waals surface area contributed by atoms with Crippen molar-refractivity contribution in [2.24, 2.45) is 17.4 Å². The molecule has 0 saturated carbocycles. The van der Waals surface area contributed by atoms with Crippen LogP contribution in [0.5, 0.6) is 11.5 Å². The normalized spacial score (nSPS) is 16.4. The molecule has 0 aliphatic carbocycles. The van der Waals surface area contributed by atoms with Crippen LogP contribution in [-0.2, 0) is 39.9 Å². The molecule has 364 valence electrons. The van der Waals surface area contributed by atoms with Gasteiger partial charge in [-0.25, -0.2) is 4.79 Å². The highest BCUT2D eigenvalue weighted by Gasteiger charge is 2.36. The number of nitrogens with one attached hydrogen (secondary N) is 4. The quantitative estimate of drug-likeness (QED) is 0.0412. The zero-order valence-corrected chi connectivity index (χ0v) is 39.7. The van der Waals surface area contributed by atoms with Crippen LogP contribution < -0.4 is 42.2 Å². The summed E-state index contributed by atoms with van der Waals surface area (Å²) in [7, 11) is 1.44. The van der Waals surface area contributed by atoms with Crippen LogP contribution in [0.15, 0.2) is 36.4 Å². The van der Waals surface area contributed by atoms with E-state index in [1.54, 1.807) is 36.4 Å². The molecule has 0 radical (unpaired) electrons. The van der Waals surface area contributed by atoms with Crippen molar-refractivity contribution in [2.75, 3.05) is 46.5 Å². The number of unbranched alkanes of at least 4 members (excludes halogenated alkanes) is 10. The minimum Gasteiger partial charge on any atom is -0.492 e. The molecule has 0 saturated heterocycles. The number of benzene rings is 2. The van der Waals surface area contributed by atoms with Crippen LogP contribution in [0.3, 0.4) is 0 Å². The van der Waals surface area contributed by atoms with E-state index in [0.29, 0.717) is 34.4 Å². The molecule has 4 bridgehead atoms. The number of ether oxygens (including phenoxy) is 3. The molecule has 0 unspecified atom stereocenters. The average molecular weight is 919 g/mol. The van der Waals surface area contributed by atoms with Crippen molar-refractivity contribution in [1.82, 2.24) is 26.2 Å². The Balaban J connectivity index is 2.03. The van der Waals surface area contributed by atoms with Gasteiger partial charge in [-0.05, 0) is 67.6 Å². The summed E-state index contributed by atoms with van der Waals surface area (Å²) in [4.78, 5) is 83.3. The van der Waals surface area contributed by atoms with Gasteiger partial charge in [0.05, 0.1) is 12.7 Å². The number of esters is 1. The van der Waals surface area contributed by atoms with Gasteiger partial charge in [-0.15, -0.1) is 0 Å². The largest absolute Gasteiger partial charge is 0.492 e. The van der Waals surface area contributed by atoms with Crippen molar-refractivity contribution in [2.45, 2.75) is 142 Å². The van der Waals surface area contributed by atoms with Gasteiger partial charge in [0.15, 0.2) is 6.61 Å². The van der Waals surface area contributed by atoms with Crippen molar-refractivity contribution >= 4 is 35.5 Å². The number of nitrogens with zero attached hydrogens (tertiary/aromatic N) is 2. The van der Waals surface area contributed by atoms with Gasteiger partial charge in [-0.2, -0.15) is 5.26 Å². The third kappa shape index (κ3) is 18.3. The van der Waals surface area contributed by atoms with E-state index in [2.05, 4.69) is 28.2 Å². The Morgan fingerprint density at radius 3 is 2.14 bits per heavy atom. The fourth-order valence-corrected chi connectivity index (χ4v) is 7.61. The zero-order valence-electron chi connectivity index (χ0n) is 39.7. The number of nitrogens with two attached hydrogens (primary N) is 2. The van der Waals surface area contributed by atoms with Gasteiger partial charge < -0.3 is 51.8 Å². The number of fused-ring (bicyclic) bond motifs is 5. The van der Waals surface area contributed by atoms with E-state index < -0.39 is 60.4 Å². The fourth-order valence-electron chi connectivity index (χ4n) is 7.61. The summed E-state index contributed by atoms with van der Waals surface area (Å²) in [5.74, 6) is -2.93. The van der Waals surface area contributed by atoms with E-state index in [1.807, 2.05) is 19.9 Å². The lowest BCUT2D eigenvalue weighted by Gasteiger charge is -2.32. The molecule has 1 aliphatic rings. The van der Waals surface area contributed by atoms with Gasteiger partial charge >= 0.3 is 5.97 Å². The van der Waals surface area contributed by atoms with Crippen LogP contribution in [0.25, 0.3) is 11.1 Å². The van der Waals surface area contributed by atoms with Crippen molar-refractivity contribution in [3.05, 3.63) is 47.5 Å². The number of likely N-dealkylation sites (N-methyl/N-ethyl adjacent to an activating group) is 1. The molecular weight excluding hydrogens is 845 g/mol. The molecule has 8 N–H and O–H groups in total. The standard InChI is InChI=1S/C49H74N8O9/c1-6-7-8-9-10-11-12-13-14-15-16-17-43(58)55-39(22-23-50)49(63)57(5)45-36-19-21-41(64-27-25-52)38(30-36)37-28-35(18-20-42(37)65-32-44(59)66-31-33(2)3)29-40(47(61)53-26-24-51)56-46(60)34(4)54-48(45)62/h18-21,28,30,33-34,39-40,45H,6-17,22-23,25-27,29,31-32,50,52H2,1-5H3,(H,53,61)(H,54,62)(H,55,58)(H,56,60)/t34-,39-,40-,45-/m0/s1. The topological polar surface area (TPSA) is 257 Å². The molecule has 66 heavy (non-hydrogen) atoms. The van der Waals surface area contributed by atoms with Crippen molar-refractivity contribution in [3.63, 3.8) is 0 Å². The minimum atomic E-state index is -1.38. The van der Waals surface area contributed by atoms with Gasteiger partial charge in [0.2, 0.25) is 29.5 Å². The molecule has 0 aromatic heterocycles. The van der Waals surface area contributed by atoms with E-state index >= 15 is 0 Å². The lowest BCUT2D eigenvalue weighted by molar-refractivity contribution is -0.147. The molecule has 1 heterocycles. The van der Waals surface area contributed by atoms with Crippen molar-refractivity contribution in [1.29, 1.82) is 5.26 Å². The van der Waals surface area contributed by atoms with E-state index in [0.717, 1.165) is 19.3 Å². The van der Waals surface area contributed by atoms with E-state index in [1.165, 1.54) is 63.8 Å². The monoisotopic (exact) mass is 919 g/mol. The minimum absolute atomic E-state index is 0.0422. The lowest BCUT2D eigenvalue weighted by atomic mass is 9.93. The summed E-state index contributed by atoms with van der Waals surface area (Å²) in [5.41, 5.74) is 13.5. The molecule has 1 aliphatic heterocycles. The maximum atomic E-state index is 14.5.